The normalized spacial score (nSPS) is 34.0. The third kappa shape index (κ3) is 7.77. The molecule has 0 aromatic heterocycles. The highest BCUT2D eigenvalue weighted by Crippen LogP contribution is 2.52. The summed E-state index contributed by atoms with van der Waals surface area (Å²) in [5.41, 5.74) is 0. The molecule has 1 heterocycles. The number of hydrogen-bond acceptors (Lipinski definition) is 6. The van der Waals surface area contributed by atoms with Crippen molar-refractivity contribution in [2.75, 3.05) is 0 Å². The fourth-order valence-corrected chi connectivity index (χ4v) is 10.5. The van der Waals surface area contributed by atoms with Crippen molar-refractivity contribution in [3.63, 3.8) is 0 Å². The van der Waals surface area contributed by atoms with Crippen molar-refractivity contribution in [1.29, 1.82) is 0 Å². The molecule has 0 bridgehead atoms. The maximum atomic E-state index is 4.54. The van der Waals surface area contributed by atoms with Crippen LogP contribution in [0.2, 0.25) is 0 Å². The summed E-state index contributed by atoms with van der Waals surface area (Å²) in [4.78, 5) is 0. The maximum absolute atomic E-state index is 4.54. The van der Waals surface area contributed by atoms with Gasteiger partial charge in [0.1, 0.15) is 0 Å². The highest BCUT2D eigenvalue weighted by Gasteiger charge is 2.31. The molecule has 0 radical (unpaired) electrons. The van der Waals surface area contributed by atoms with Crippen LogP contribution in [0.15, 0.2) is 0 Å². The Labute approximate surface area is 142 Å². The van der Waals surface area contributed by atoms with Gasteiger partial charge in [-0.3, -0.25) is 0 Å². The molecule has 108 valence electrons. The zero-order valence-corrected chi connectivity index (χ0v) is 16.3. The van der Waals surface area contributed by atoms with Gasteiger partial charge in [0, 0.05) is 15.7 Å². The van der Waals surface area contributed by atoms with E-state index in [2.05, 4.69) is 93.9 Å². The van der Waals surface area contributed by atoms with Crippen LogP contribution in [-0.4, -0.2) is 29.5 Å². The Hall–Kier alpha value is 2.10. The fraction of sp³-hybridized carbons (Fsp3) is 1.00. The van der Waals surface area contributed by atoms with Crippen molar-refractivity contribution in [1.82, 2.24) is 0 Å². The molecular weight excluding hydrogens is 337 g/mol. The predicted octanol–water partition coefficient (Wildman–Crippen LogP) is 5.30. The molecule has 0 aromatic carbocycles. The van der Waals surface area contributed by atoms with Gasteiger partial charge < -0.3 is 0 Å². The highest BCUT2D eigenvalue weighted by molar-refractivity contribution is 8.33. The first-order chi connectivity index (χ1) is 8.36. The van der Waals surface area contributed by atoms with Crippen molar-refractivity contribution in [2.45, 2.75) is 69.5 Å². The summed E-state index contributed by atoms with van der Waals surface area (Å²) in [6.45, 7) is 6.58. The molecule has 0 saturated carbocycles. The quantitative estimate of drug-likeness (QED) is 0.550. The second-order valence-electron chi connectivity index (χ2n) is 4.95. The van der Waals surface area contributed by atoms with E-state index in [-0.39, 0.29) is 0 Å². The zero-order chi connectivity index (χ0) is 13.7. The van der Waals surface area contributed by atoms with Gasteiger partial charge in [0.25, 0.3) is 0 Å². The van der Waals surface area contributed by atoms with Gasteiger partial charge in [-0.15, -0.1) is 35.3 Å². The van der Waals surface area contributed by atoms with Gasteiger partial charge in [0.2, 0.25) is 0 Å². The SMILES string of the molecule is CC(S)CC1SC(CC(C)S)SC(CC(C)S)S1. The van der Waals surface area contributed by atoms with E-state index in [0.717, 1.165) is 0 Å². The summed E-state index contributed by atoms with van der Waals surface area (Å²) < 4.78 is 2.06. The van der Waals surface area contributed by atoms with Crippen LogP contribution < -0.4 is 0 Å². The maximum Gasteiger partial charge on any atom is 0.0535 e. The third-order valence-corrected chi connectivity index (χ3v) is 8.12. The van der Waals surface area contributed by atoms with Crippen LogP contribution in [0.5, 0.6) is 0 Å². The molecule has 0 N–H and O–H groups in total. The van der Waals surface area contributed by atoms with Crippen LogP contribution >= 0.6 is 73.2 Å². The Morgan fingerprint density at radius 2 is 0.889 bits per heavy atom. The first kappa shape index (κ1) is 18.1. The smallest absolute Gasteiger partial charge is 0.0535 e. The van der Waals surface area contributed by atoms with Crippen molar-refractivity contribution in [2.24, 2.45) is 0 Å². The first-order valence-electron chi connectivity index (χ1n) is 6.37. The van der Waals surface area contributed by atoms with Gasteiger partial charge in [-0.1, -0.05) is 20.8 Å². The van der Waals surface area contributed by atoms with Gasteiger partial charge in [-0.2, -0.15) is 37.9 Å². The largest absolute Gasteiger partial charge is 0.176 e. The summed E-state index contributed by atoms with van der Waals surface area (Å²) in [6.07, 6.45) is 3.57. The van der Waals surface area contributed by atoms with Gasteiger partial charge in [-0.25, -0.2) is 0 Å². The number of rotatable bonds is 6. The molecule has 0 aromatic rings. The molecule has 3 atom stereocenters. The van der Waals surface area contributed by atoms with Crippen molar-refractivity contribution in [3.8, 4) is 0 Å². The second-order valence-corrected chi connectivity index (χ2v) is 12.7. The number of thioether (sulfide) groups is 3. The lowest BCUT2D eigenvalue weighted by Gasteiger charge is -2.35. The van der Waals surface area contributed by atoms with E-state index in [1.165, 1.54) is 19.3 Å². The van der Waals surface area contributed by atoms with Crippen molar-refractivity contribution >= 4 is 73.2 Å². The van der Waals surface area contributed by atoms with E-state index >= 15 is 0 Å². The minimum absolute atomic E-state index is 0.487. The fourth-order valence-electron chi connectivity index (χ4n) is 1.77. The topological polar surface area (TPSA) is 0 Å². The van der Waals surface area contributed by atoms with E-state index in [4.69, 9.17) is 0 Å². The molecule has 18 heavy (non-hydrogen) atoms. The van der Waals surface area contributed by atoms with Gasteiger partial charge >= 0.3 is 0 Å². The van der Waals surface area contributed by atoms with E-state index in [9.17, 15) is 0 Å². The van der Waals surface area contributed by atoms with Crippen LogP contribution in [0.25, 0.3) is 0 Å². The summed E-state index contributed by atoms with van der Waals surface area (Å²) in [5.74, 6) is 0. The van der Waals surface area contributed by atoms with Crippen LogP contribution in [0.3, 0.4) is 0 Å². The van der Waals surface area contributed by atoms with E-state index in [0.29, 0.717) is 29.5 Å². The molecule has 1 rings (SSSR count). The summed E-state index contributed by atoms with van der Waals surface area (Å²) in [6, 6.07) is 0. The molecule has 1 aliphatic rings. The van der Waals surface area contributed by atoms with Crippen LogP contribution in [-0.2, 0) is 0 Å². The van der Waals surface area contributed by atoms with Crippen LogP contribution in [0.1, 0.15) is 40.0 Å². The predicted molar refractivity (Wildman–Crippen MR) is 103 cm³/mol. The lowest BCUT2D eigenvalue weighted by molar-refractivity contribution is 0.847. The molecule has 0 amide bonds. The summed E-state index contributed by atoms with van der Waals surface area (Å²) in [5, 5.41) is 1.46. The van der Waals surface area contributed by atoms with Crippen molar-refractivity contribution in [3.05, 3.63) is 0 Å². The molecule has 1 saturated heterocycles. The molecule has 0 nitrogen and oxygen atoms in total. The van der Waals surface area contributed by atoms with E-state index in [1.54, 1.807) is 0 Å². The Balaban J connectivity index is 2.54. The zero-order valence-electron chi connectivity index (χ0n) is 11.2. The number of thiol groups is 3. The molecule has 1 fully saturated rings. The Kier molecular flexibility index (Phi) is 9.26. The number of hydrogen-bond donors (Lipinski definition) is 3. The minimum Gasteiger partial charge on any atom is -0.176 e. The molecule has 6 heteroatoms. The average Bonchev–Trinajstić information content (AvgIpc) is 2.12. The Morgan fingerprint density at radius 1 is 0.667 bits per heavy atom. The Morgan fingerprint density at radius 3 is 1.06 bits per heavy atom. The Bertz CT molecular complexity index is 187. The summed E-state index contributed by atoms with van der Waals surface area (Å²) >= 11 is 20.0. The van der Waals surface area contributed by atoms with Crippen LogP contribution in [0, 0.1) is 0 Å². The van der Waals surface area contributed by atoms with E-state index in [1.807, 2.05) is 0 Å². The lowest BCUT2D eigenvalue weighted by Crippen LogP contribution is -2.23. The second kappa shape index (κ2) is 9.19. The monoisotopic (exact) mass is 360 g/mol. The van der Waals surface area contributed by atoms with Gasteiger partial charge in [0.05, 0.1) is 13.7 Å². The van der Waals surface area contributed by atoms with Gasteiger partial charge in [-0.05, 0) is 19.3 Å². The molecule has 0 aliphatic carbocycles. The standard InChI is InChI=1S/C12H24S6/c1-7(13)4-10-16-11(5-8(2)14)18-12(17-10)6-9(3)15/h7-15H,4-6H2,1-3H3. The van der Waals surface area contributed by atoms with Crippen molar-refractivity contribution < 1.29 is 0 Å². The van der Waals surface area contributed by atoms with E-state index < -0.39 is 0 Å². The summed E-state index contributed by atoms with van der Waals surface area (Å²) in [7, 11) is 0. The molecular formula is C12H24S6. The van der Waals surface area contributed by atoms with Gasteiger partial charge in [0.15, 0.2) is 0 Å². The molecule has 1 aliphatic heterocycles. The van der Waals surface area contributed by atoms with Crippen LogP contribution in [0.4, 0.5) is 0 Å². The minimum atomic E-state index is 0.487. The lowest BCUT2D eigenvalue weighted by atomic mass is 10.3. The third-order valence-electron chi connectivity index (χ3n) is 2.51. The molecule has 0 spiro atoms. The highest BCUT2D eigenvalue weighted by atomic mass is 32.3. The average molecular weight is 361 g/mol. The first-order valence-corrected chi connectivity index (χ1v) is 10.7. The molecule has 3 unspecified atom stereocenters.